The lowest BCUT2D eigenvalue weighted by Crippen LogP contribution is -2.52. The lowest BCUT2D eigenvalue weighted by molar-refractivity contribution is -0.384. The van der Waals surface area contributed by atoms with Crippen LogP contribution in [0.1, 0.15) is 17.6 Å². The number of aromatic nitrogens is 1. The number of nitro groups is 1. The Kier molecular flexibility index (Phi) is 6.78. The molecule has 3 rings (SSSR count). The summed E-state index contributed by atoms with van der Waals surface area (Å²) in [7, 11) is 1.44. The second-order valence-electron chi connectivity index (χ2n) is 6.98. The Morgan fingerprint density at radius 1 is 1.38 bits per heavy atom. The minimum absolute atomic E-state index is 0.171. The number of methoxy groups -OCH3 is 1. The van der Waals surface area contributed by atoms with Crippen LogP contribution in [0.15, 0.2) is 23.6 Å². The second-order valence-corrected chi connectivity index (χ2v) is 8.04. The first-order valence-electron chi connectivity index (χ1n) is 9.38. The number of carbonyl (C=O) groups is 1. The summed E-state index contributed by atoms with van der Waals surface area (Å²) in [5.41, 5.74) is 1.07. The van der Waals surface area contributed by atoms with E-state index in [0.29, 0.717) is 5.75 Å². The number of hydrogen-bond acceptors (Lipinski definition) is 8. The maximum absolute atomic E-state index is 12.7. The average molecular weight is 420 g/mol. The number of piperazine rings is 1. The highest BCUT2D eigenvalue weighted by molar-refractivity contribution is 7.09. The van der Waals surface area contributed by atoms with Crippen molar-refractivity contribution in [2.75, 3.05) is 38.6 Å². The fourth-order valence-electron chi connectivity index (χ4n) is 3.32. The number of nitrogens with zero attached hydrogens (tertiary/aromatic N) is 4. The van der Waals surface area contributed by atoms with Crippen LogP contribution in [0, 0.1) is 17.0 Å². The Morgan fingerprint density at radius 2 is 2.10 bits per heavy atom. The van der Waals surface area contributed by atoms with Crippen molar-refractivity contribution in [1.82, 2.24) is 14.8 Å². The third kappa shape index (κ3) is 5.28. The quantitative estimate of drug-likeness (QED) is 0.543. The highest BCUT2D eigenvalue weighted by Crippen LogP contribution is 2.29. The van der Waals surface area contributed by atoms with Crippen LogP contribution in [0.25, 0.3) is 0 Å². The van der Waals surface area contributed by atoms with Gasteiger partial charge in [-0.1, -0.05) is 0 Å². The molecule has 9 nitrogen and oxygen atoms in total. The zero-order valence-corrected chi connectivity index (χ0v) is 17.6. The van der Waals surface area contributed by atoms with Crippen LogP contribution < -0.4 is 10.1 Å². The molecule has 0 aliphatic carbocycles. The van der Waals surface area contributed by atoms with Gasteiger partial charge in [-0.05, 0) is 26.0 Å². The number of amides is 1. The predicted octanol–water partition coefficient (Wildman–Crippen LogP) is 2.51. The molecule has 1 atom stereocenters. The standard InChI is InChI=1S/C19H25N5O4S/c1-13(19(25)21-17-5-4-16(28-3)10-18(17)24(26)27)23-8-6-22(7-9-23)11-15-12-29-14(2)20-15/h4-5,10,12-13H,6-9,11H2,1-3H3,(H,21,25)/t13-/m1/s1. The maximum Gasteiger partial charge on any atom is 0.296 e. The molecule has 1 aromatic carbocycles. The summed E-state index contributed by atoms with van der Waals surface area (Å²) in [5, 5.41) is 17.2. The van der Waals surface area contributed by atoms with Crippen molar-refractivity contribution in [2.24, 2.45) is 0 Å². The number of anilines is 1. The smallest absolute Gasteiger partial charge is 0.296 e. The Balaban J connectivity index is 1.56. The average Bonchev–Trinajstić information content (AvgIpc) is 3.12. The minimum Gasteiger partial charge on any atom is -0.496 e. The zero-order chi connectivity index (χ0) is 21.0. The van der Waals surface area contributed by atoms with Crippen LogP contribution in [-0.4, -0.2) is 64.9 Å². The van der Waals surface area contributed by atoms with Gasteiger partial charge < -0.3 is 10.1 Å². The molecule has 1 fully saturated rings. The summed E-state index contributed by atoms with van der Waals surface area (Å²) in [6.07, 6.45) is 0. The lowest BCUT2D eigenvalue weighted by atomic mass is 10.2. The van der Waals surface area contributed by atoms with Gasteiger partial charge in [0.05, 0.1) is 34.8 Å². The van der Waals surface area contributed by atoms with Crippen LogP contribution in [0.5, 0.6) is 5.75 Å². The Morgan fingerprint density at radius 3 is 2.69 bits per heavy atom. The summed E-state index contributed by atoms with van der Waals surface area (Å²) in [5.74, 6) is 0.107. The van der Waals surface area contributed by atoms with Crippen LogP contribution in [0.2, 0.25) is 0 Å². The molecule has 2 heterocycles. The molecule has 0 radical (unpaired) electrons. The van der Waals surface area contributed by atoms with Gasteiger partial charge in [0.25, 0.3) is 5.69 Å². The molecule has 1 saturated heterocycles. The van der Waals surface area contributed by atoms with Gasteiger partial charge in [-0.25, -0.2) is 4.98 Å². The van der Waals surface area contributed by atoms with Crippen molar-refractivity contribution in [2.45, 2.75) is 26.4 Å². The third-order valence-electron chi connectivity index (χ3n) is 5.05. The molecule has 156 valence electrons. The van der Waals surface area contributed by atoms with Crippen LogP contribution in [0.3, 0.4) is 0 Å². The number of aryl methyl sites for hydroxylation is 1. The molecule has 29 heavy (non-hydrogen) atoms. The Labute approximate surface area is 173 Å². The van der Waals surface area contributed by atoms with E-state index in [1.165, 1.54) is 19.2 Å². The van der Waals surface area contributed by atoms with Crippen molar-refractivity contribution >= 4 is 28.6 Å². The molecule has 1 aromatic heterocycles. The normalized spacial score (nSPS) is 16.4. The van der Waals surface area contributed by atoms with Crippen LogP contribution in [0.4, 0.5) is 11.4 Å². The number of hydrogen-bond donors (Lipinski definition) is 1. The SMILES string of the molecule is COc1ccc(NC(=O)[C@@H](C)N2CCN(Cc3csc(C)n3)CC2)c([N+](=O)[O-])c1. The molecule has 0 saturated carbocycles. The monoisotopic (exact) mass is 419 g/mol. The van der Waals surface area contributed by atoms with E-state index in [1.54, 1.807) is 17.4 Å². The van der Waals surface area contributed by atoms with Crippen molar-refractivity contribution < 1.29 is 14.5 Å². The molecule has 1 aliphatic heterocycles. The summed E-state index contributed by atoms with van der Waals surface area (Å²) < 4.78 is 5.03. The molecular formula is C19H25N5O4S. The minimum atomic E-state index is -0.526. The molecular weight excluding hydrogens is 394 g/mol. The van der Waals surface area contributed by atoms with E-state index < -0.39 is 4.92 Å². The maximum atomic E-state index is 12.7. The number of carbonyl (C=O) groups excluding carboxylic acids is 1. The molecule has 1 amide bonds. The Bertz CT molecular complexity index is 879. The highest BCUT2D eigenvalue weighted by atomic mass is 32.1. The van der Waals surface area contributed by atoms with E-state index in [-0.39, 0.29) is 23.3 Å². The molecule has 1 N–H and O–H groups in total. The molecule has 10 heteroatoms. The van der Waals surface area contributed by atoms with Gasteiger partial charge in [-0.3, -0.25) is 24.7 Å². The number of thiazole rings is 1. The summed E-state index contributed by atoms with van der Waals surface area (Å²) in [4.78, 5) is 32.4. The van der Waals surface area contributed by atoms with E-state index in [4.69, 9.17) is 4.74 Å². The fourth-order valence-corrected chi connectivity index (χ4v) is 3.92. The number of benzene rings is 1. The third-order valence-corrected chi connectivity index (χ3v) is 5.87. The second kappa shape index (κ2) is 9.29. The lowest BCUT2D eigenvalue weighted by Gasteiger charge is -2.37. The van der Waals surface area contributed by atoms with E-state index in [9.17, 15) is 14.9 Å². The van der Waals surface area contributed by atoms with Crippen LogP contribution in [-0.2, 0) is 11.3 Å². The molecule has 1 aliphatic rings. The molecule has 0 unspecified atom stereocenters. The molecule has 2 aromatic rings. The van der Waals surface area contributed by atoms with Gasteiger partial charge in [0, 0.05) is 38.1 Å². The van der Waals surface area contributed by atoms with Crippen LogP contribution >= 0.6 is 11.3 Å². The van der Waals surface area contributed by atoms with Crippen molar-refractivity contribution in [3.05, 3.63) is 44.4 Å². The van der Waals surface area contributed by atoms with Gasteiger partial charge in [-0.2, -0.15) is 0 Å². The molecule has 0 bridgehead atoms. The molecule has 0 spiro atoms. The van der Waals surface area contributed by atoms with Crippen molar-refractivity contribution in [1.29, 1.82) is 0 Å². The summed E-state index contributed by atoms with van der Waals surface area (Å²) >= 11 is 1.65. The van der Waals surface area contributed by atoms with E-state index >= 15 is 0 Å². The van der Waals surface area contributed by atoms with Gasteiger partial charge >= 0.3 is 0 Å². The topological polar surface area (TPSA) is 101 Å². The first kappa shape index (κ1) is 21.2. The number of nitro benzene ring substituents is 1. The predicted molar refractivity (Wildman–Crippen MR) is 111 cm³/mol. The number of ether oxygens (including phenoxy) is 1. The zero-order valence-electron chi connectivity index (χ0n) is 16.8. The highest BCUT2D eigenvalue weighted by Gasteiger charge is 2.27. The van der Waals surface area contributed by atoms with E-state index in [0.717, 1.165) is 43.4 Å². The van der Waals surface area contributed by atoms with Gasteiger partial charge in [0.2, 0.25) is 5.91 Å². The van der Waals surface area contributed by atoms with Crippen molar-refractivity contribution in [3.63, 3.8) is 0 Å². The Hall–Kier alpha value is -2.56. The van der Waals surface area contributed by atoms with Gasteiger partial charge in [0.1, 0.15) is 11.4 Å². The van der Waals surface area contributed by atoms with Crippen molar-refractivity contribution in [3.8, 4) is 5.75 Å². The first-order valence-corrected chi connectivity index (χ1v) is 10.3. The van der Waals surface area contributed by atoms with E-state index in [1.807, 2.05) is 13.8 Å². The number of rotatable bonds is 7. The summed E-state index contributed by atoms with van der Waals surface area (Å²) in [6, 6.07) is 4.00. The largest absolute Gasteiger partial charge is 0.496 e. The first-order chi connectivity index (χ1) is 13.9. The number of nitrogens with one attached hydrogen (secondary N) is 1. The fraction of sp³-hybridized carbons (Fsp3) is 0.474. The van der Waals surface area contributed by atoms with Gasteiger partial charge in [-0.15, -0.1) is 11.3 Å². The summed E-state index contributed by atoms with van der Waals surface area (Å²) in [6.45, 7) is 7.83. The van der Waals surface area contributed by atoms with Gasteiger partial charge in [0.15, 0.2) is 0 Å². The van der Waals surface area contributed by atoms with E-state index in [2.05, 4.69) is 25.5 Å².